The number of nitrogens with zero attached hydrogens (tertiary/aromatic N) is 5. The maximum absolute atomic E-state index is 12.3. The average Bonchev–Trinajstić information content (AvgIpc) is 3.48. The Labute approximate surface area is 186 Å². The fourth-order valence-corrected chi connectivity index (χ4v) is 4.14. The van der Waals surface area contributed by atoms with Crippen LogP contribution in [0.2, 0.25) is 0 Å². The molecule has 1 saturated heterocycles. The quantitative estimate of drug-likeness (QED) is 0.404. The highest BCUT2D eigenvalue weighted by molar-refractivity contribution is 7.98. The molecule has 0 radical (unpaired) electrons. The van der Waals surface area contributed by atoms with Gasteiger partial charge in [0.2, 0.25) is 5.91 Å². The van der Waals surface area contributed by atoms with Crippen molar-refractivity contribution < 1.29 is 9.53 Å². The van der Waals surface area contributed by atoms with Crippen molar-refractivity contribution in [3.63, 3.8) is 0 Å². The molecule has 164 valence electrons. The first-order valence-electron chi connectivity index (χ1n) is 10.6. The first-order valence-corrected chi connectivity index (χ1v) is 11.8. The lowest BCUT2D eigenvalue weighted by atomic mass is 10.1. The monoisotopic (exact) mass is 440 g/mol. The Balaban J connectivity index is 1.35. The van der Waals surface area contributed by atoms with E-state index in [1.165, 1.54) is 24.6 Å². The summed E-state index contributed by atoms with van der Waals surface area (Å²) in [5, 5.41) is 9.24. The number of ether oxygens (including phenoxy) is 1. The van der Waals surface area contributed by atoms with E-state index in [1.807, 2.05) is 41.4 Å². The summed E-state index contributed by atoms with van der Waals surface area (Å²) in [6.07, 6.45) is 7.36. The molecule has 3 aromatic rings. The van der Waals surface area contributed by atoms with Gasteiger partial charge in [-0.25, -0.2) is 14.6 Å². The number of hydrogen-bond acceptors (Lipinski definition) is 7. The second kappa shape index (κ2) is 10.00. The van der Waals surface area contributed by atoms with Gasteiger partial charge in [-0.05, 0) is 43.2 Å². The van der Waals surface area contributed by atoms with Crippen LogP contribution in [0, 0.1) is 0 Å². The van der Waals surface area contributed by atoms with Gasteiger partial charge in [0, 0.05) is 26.1 Å². The lowest BCUT2D eigenvalue weighted by molar-refractivity contribution is -0.121. The zero-order valence-electron chi connectivity index (χ0n) is 18.0. The molecule has 31 heavy (non-hydrogen) atoms. The predicted molar refractivity (Wildman–Crippen MR) is 123 cm³/mol. The molecular formula is C22H28N6O2S. The van der Waals surface area contributed by atoms with Crippen molar-refractivity contribution in [1.82, 2.24) is 25.1 Å². The predicted octanol–water partition coefficient (Wildman–Crippen LogP) is 2.91. The number of fused-ring (bicyclic) bond motifs is 1. The highest BCUT2D eigenvalue weighted by Crippen LogP contribution is 2.28. The van der Waals surface area contributed by atoms with E-state index in [0.29, 0.717) is 25.9 Å². The number of carbonyl (C=O) groups excluding carboxylic acids is 1. The maximum Gasteiger partial charge on any atom is 0.220 e. The summed E-state index contributed by atoms with van der Waals surface area (Å²) in [7, 11) is 1.65. The van der Waals surface area contributed by atoms with Crippen LogP contribution in [0.1, 0.15) is 24.8 Å². The number of carbonyl (C=O) groups is 1. The van der Waals surface area contributed by atoms with Crippen molar-refractivity contribution in [3.05, 3.63) is 36.0 Å². The van der Waals surface area contributed by atoms with Gasteiger partial charge in [0.15, 0.2) is 10.8 Å². The summed E-state index contributed by atoms with van der Waals surface area (Å²) in [5.41, 5.74) is 1.94. The van der Waals surface area contributed by atoms with E-state index in [9.17, 15) is 4.79 Å². The molecule has 3 heterocycles. The number of aromatic nitrogens is 4. The minimum absolute atomic E-state index is 0.0319. The molecule has 1 amide bonds. The highest BCUT2D eigenvalue weighted by atomic mass is 32.2. The van der Waals surface area contributed by atoms with Gasteiger partial charge in [0.05, 0.1) is 25.2 Å². The molecule has 1 aromatic carbocycles. The molecule has 1 aliphatic heterocycles. The van der Waals surface area contributed by atoms with Crippen molar-refractivity contribution in [3.8, 4) is 5.75 Å². The molecule has 1 aliphatic rings. The number of anilines is 1. The Morgan fingerprint density at radius 1 is 1.19 bits per heavy atom. The van der Waals surface area contributed by atoms with Crippen LogP contribution >= 0.6 is 11.8 Å². The number of thioether (sulfide) groups is 1. The van der Waals surface area contributed by atoms with Gasteiger partial charge in [0.1, 0.15) is 11.6 Å². The van der Waals surface area contributed by atoms with E-state index >= 15 is 0 Å². The molecule has 0 spiro atoms. The van der Waals surface area contributed by atoms with Crippen LogP contribution in [-0.2, 0) is 17.8 Å². The molecule has 1 N–H and O–H groups in total. The zero-order valence-corrected chi connectivity index (χ0v) is 18.8. The van der Waals surface area contributed by atoms with Crippen molar-refractivity contribution in [1.29, 1.82) is 0 Å². The summed E-state index contributed by atoms with van der Waals surface area (Å²) in [5.74, 6) is 1.83. The lowest BCUT2D eigenvalue weighted by Crippen LogP contribution is -2.27. The van der Waals surface area contributed by atoms with E-state index < -0.39 is 0 Å². The number of nitrogens with one attached hydrogen (secondary N) is 1. The van der Waals surface area contributed by atoms with Crippen molar-refractivity contribution in [2.45, 2.75) is 37.4 Å². The van der Waals surface area contributed by atoms with Crippen LogP contribution in [0.15, 0.2) is 35.6 Å². The normalized spacial score (nSPS) is 13.7. The largest absolute Gasteiger partial charge is 0.497 e. The van der Waals surface area contributed by atoms with E-state index in [2.05, 4.69) is 20.3 Å². The summed E-state index contributed by atoms with van der Waals surface area (Å²) in [6, 6.07) is 7.81. The Kier molecular flexibility index (Phi) is 6.91. The number of aryl methyl sites for hydroxylation is 1. The van der Waals surface area contributed by atoms with Crippen molar-refractivity contribution in [2.24, 2.45) is 0 Å². The minimum atomic E-state index is 0.0319. The molecule has 0 bridgehead atoms. The van der Waals surface area contributed by atoms with Crippen LogP contribution in [0.4, 0.5) is 5.82 Å². The van der Waals surface area contributed by atoms with Crippen LogP contribution in [-0.4, -0.2) is 58.7 Å². The van der Waals surface area contributed by atoms with Gasteiger partial charge >= 0.3 is 0 Å². The SMILES string of the molecule is COc1ccc(CCC(=O)NCCn2ncc3c(N4CCCC4)nc(SC)nc32)cc1. The number of rotatable bonds is 9. The Morgan fingerprint density at radius 3 is 2.68 bits per heavy atom. The molecule has 0 atom stereocenters. The smallest absolute Gasteiger partial charge is 0.220 e. The second-order valence-electron chi connectivity index (χ2n) is 7.53. The molecule has 4 rings (SSSR count). The number of amides is 1. The molecule has 0 aliphatic carbocycles. The van der Waals surface area contributed by atoms with Crippen molar-refractivity contribution in [2.75, 3.05) is 37.9 Å². The molecule has 0 saturated carbocycles. The average molecular weight is 441 g/mol. The summed E-state index contributed by atoms with van der Waals surface area (Å²) in [4.78, 5) is 24.0. The zero-order chi connectivity index (χ0) is 21.6. The minimum Gasteiger partial charge on any atom is -0.497 e. The van der Waals surface area contributed by atoms with Gasteiger partial charge in [0.25, 0.3) is 0 Å². The van der Waals surface area contributed by atoms with Crippen LogP contribution in [0.25, 0.3) is 11.0 Å². The molecule has 8 nitrogen and oxygen atoms in total. The third-order valence-electron chi connectivity index (χ3n) is 5.49. The van der Waals surface area contributed by atoms with Gasteiger partial charge in [-0.1, -0.05) is 23.9 Å². The number of methoxy groups -OCH3 is 1. The molecule has 0 unspecified atom stereocenters. The fraction of sp³-hybridized carbons (Fsp3) is 0.455. The van der Waals surface area contributed by atoms with Gasteiger partial charge in [-0.2, -0.15) is 5.10 Å². The van der Waals surface area contributed by atoms with Crippen molar-refractivity contribution >= 4 is 34.5 Å². The first kappa shape index (κ1) is 21.4. The first-order chi connectivity index (χ1) is 15.2. The van der Waals surface area contributed by atoms with Crippen LogP contribution < -0.4 is 15.0 Å². The summed E-state index contributed by atoms with van der Waals surface area (Å²) in [6.45, 7) is 3.13. The standard InChI is InChI=1S/C22H28N6O2S/c1-30-17-8-5-16(6-9-17)7-10-19(29)23-11-14-28-21-18(15-24-28)20(25-22(26-21)31-2)27-12-3-4-13-27/h5-6,8-9,15H,3-4,7,10-14H2,1-2H3,(H,23,29). The van der Waals surface area contributed by atoms with E-state index in [1.54, 1.807) is 7.11 Å². The fourth-order valence-electron chi connectivity index (χ4n) is 3.79. The topological polar surface area (TPSA) is 85.2 Å². The van der Waals surface area contributed by atoms with Crippen LogP contribution in [0.5, 0.6) is 5.75 Å². The molecule has 2 aromatic heterocycles. The number of benzene rings is 1. The van der Waals surface area contributed by atoms with E-state index in [0.717, 1.165) is 46.4 Å². The van der Waals surface area contributed by atoms with Gasteiger partial charge in [-0.15, -0.1) is 0 Å². The maximum atomic E-state index is 12.3. The second-order valence-corrected chi connectivity index (χ2v) is 8.30. The van der Waals surface area contributed by atoms with E-state index in [-0.39, 0.29) is 5.91 Å². The van der Waals surface area contributed by atoms with Gasteiger partial charge in [-0.3, -0.25) is 4.79 Å². The van der Waals surface area contributed by atoms with E-state index in [4.69, 9.17) is 9.72 Å². The van der Waals surface area contributed by atoms with Crippen LogP contribution in [0.3, 0.4) is 0 Å². The molecule has 1 fully saturated rings. The Bertz CT molecular complexity index is 1030. The lowest BCUT2D eigenvalue weighted by Gasteiger charge is -2.17. The Hall–Kier alpha value is -2.81. The summed E-state index contributed by atoms with van der Waals surface area (Å²) >= 11 is 1.54. The third-order valence-corrected chi connectivity index (χ3v) is 6.04. The molecule has 9 heteroatoms. The third kappa shape index (κ3) is 5.10. The number of hydrogen-bond donors (Lipinski definition) is 1. The van der Waals surface area contributed by atoms with Gasteiger partial charge < -0.3 is 15.0 Å². The summed E-state index contributed by atoms with van der Waals surface area (Å²) < 4.78 is 7.03. The Morgan fingerprint density at radius 2 is 1.97 bits per heavy atom. The molecular weight excluding hydrogens is 412 g/mol. The highest BCUT2D eigenvalue weighted by Gasteiger charge is 2.20.